The van der Waals surface area contributed by atoms with E-state index in [2.05, 4.69) is 31.9 Å². The second-order valence-electron chi connectivity index (χ2n) is 3.34. The highest BCUT2D eigenvalue weighted by molar-refractivity contribution is 9.11. The second-order valence-corrected chi connectivity index (χ2v) is 6.49. The van der Waals surface area contributed by atoms with Crippen LogP contribution >= 0.6 is 43.2 Å². The van der Waals surface area contributed by atoms with Crippen molar-refractivity contribution in [2.45, 2.75) is 6.10 Å². The molecule has 0 radical (unpaired) electrons. The third-order valence-corrected chi connectivity index (χ3v) is 4.39. The van der Waals surface area contributed by atoms with Gasteiger partial charge in [-0.25, -0.2) is 8.78 Å². The summed E-state index contributed by atoms with van der Waals surface area (Å²) in [6.07, 6.45) is -1.31. The Morgan fingerprint density at radius 1 is 1.24 bits per heavy atom. The van der Waals surface area contributed by atoms with Crippen LogP contribution in [0.2, 0.25) is 0 Å². The largest absolute Gasteiger partial charge is 0.383 e. The summed E-state index contributed by atoms with van der Waals surface area (Å²) >= 11 is 7.55. The normalized spacial score (nSPS) is 12.8. The minimum absolute atomic E-state index is 0.127. The van der Waals surface area contributed by atoms with Gasteiger partial charge in [-0.05, 0) is 61.0 Å². The summed E-state index contributed by atoms with van der Waals surface area (Å²) in [7, 11) is 0. The third kappa shape index (κ3) is 2.59. The third-order valence-electron chi connectivity index (χ3n) is 2.26. The van der Waals surface area contributed by atoms with E-state index >= 15 is 0 Å². The number of thiophene rings is 1. The van der Waals surface area contributed by atoms with Gasteiger partial charge < -0.3 is 5.11 Å². The summed E-state index contributed by atoms with van der Waals surface area (Å²) in [5.74, 6) is -1.54. The van der Waals surface area contributed by atoms with Gasteiger partial charge in [-0.15, -0.1) is 11.3 Å². The first-order valence-electron chi connectivity index (χ1n) is 4.56. The lowest BCUT2D eigenvalue weighted by Gasteiger charge is -2.12. The number of halogens is 4. The van der Waals surface area contributed by atoms with Crippen molar-refractivity contribution in [3.05, 3.63) is 54.6 Å². The van der Waals surface area contributed by atoms with Crippen LogP contribution in [0.4, 0.5) is 8.78 Å². The molecule has 0 saturated heterocycles. The maximum absolute atomic E-state index is 13.8. The fraction of sp³-hybridized carbons (Fsp3) is 0.0909. The number of aliphatic hydroxyl groups excluding tert-OH is 1. The Bertz CT molecular complexity index is 556. The van der Waals surface area contributed by atoms with Crippen LogP contribution in [0, 0.1) is 11.6 Å². The lowest BCUT2D eigenvalue weighted by molar-refractivity contribution is 0.209. The molecule has 0 aliphatic rings. The van der Waals surface area contributed by atoms with E-state index in [9.17, 15) is 13.9 Å². The Hall–Kier alpha value is -0.300. The summed E-state index contributed by atoms with van der Waals surface area (Å²) < 4.78 is 28.2. The van der Waals surface area contributed by atoms with Gasteiger partial charge in [0.05, 0.1) is 13.8 Å². The van der Waals surface area contributed by atoms with E-state index in [-0.39, 0.29) is 10.0 Å². The zero-order valence-corrected chi connectivity index (χ0v) is 12.2. The van der Waals surface area contributed by atoms with Gasteiger partial charge in [-0.2, -0.15) is 0 Å². The van der Waals surface area contributed by atoms with Gasteiger partial charge >= 0.3 is 0 Å². The number of aliphatic hydroxyl groups is 1. The van der Waals surface area contributed by atoms with Crippen molar-refractivity contribution in [2.24, 2.45) is 0 Å². The topological polar surface area (TPSA) is 20.2 Å². The Balaban J connectivity index is 2.50. The first-order valence-corrected chi connectivity index (χ1v) is 7.02. The van der Waals surface area contributed by atoms with Crippen molar-refractivity contribution in [1.29, 1.82) is 0 Å². The molecule has 90 valence electrons. The molecular formula is C11H6Br2F2OS. The van der Waals surface area contributed by atoms with Crippen LogP contribution in [0.5, 0.6) is 0 Å². The van der Waals surface area contributed by atoms with Crippen LogP contribution in [-0.2, 0) is 0 Å². The molecule has 1 unspecified atom stereocenters. The van der Waals surface area contributed by atoms with E-state index in [1.54, 1.807) is 11.4 Å². The van der Waals surface area contributed by atoms with Crippen LogP contribution in [0.25, 0.3) is 0 Å². The smallest absolute Gasteiger partial charge is 0.146 e. The molecule has 1 aromatic carbocycles. The molecule has 1 heterocycles. The summed E-state index contributed by atoms with van der Waals surface area (Å²) in [5, 5.41) is 11.6. The molecule has 0 aliphatic heterocycles. The van der Waals surface area contributed by atoms with Crippen LogP contribution in [0.3, 0.4) is 0 Å². The summed E-state index contributed by atoms with van der Waals surface area (Å²) in [4.78, 5) is 0. The van der Waals surface area contributed by atoms with Gasteiger partial charge in [-0.1, -0.05) is 0 Å². The fourth-order valence-electron chi connectivity index (χ4n) is 1.43. The Kier molecular flexibility index (Phi) is 3.97. The van der Waals surface area contributed by atoms with Crippen LogP contribution in [0.15, 0.2) is 31.8 Å². The van der Waals surface area contributed by atoms with Gasteiger partial charge in [-0.3, -0.25) is 0 Å². The predicted molar refractivity (Wildman–Crippen MR) is 70.1 cm³/mol. The lowest BCUT2D eigenvalue weighted by Crippen LogP contribution is -2.05. The van der Waals surface area contributed by atoms with Crippen LogP contribution in [-0.4, -0.2) is 5.11 Å². The first kappa shape index (κ1) is 13.1. The quantitative estimate of drug-likeness (QED) is 0.749. The minimum Gasteiger partial charge on any atom is -0.383 e. The molecule has 2 aromatic rings. The number of benzene rings is 1. The molecule has 1 nitrogen and oxygen atoms in total. The summed E-state index contributed by atoms with van der Waals surface area (Å²) in [5.41, 5.74) is 0.113. The molecule has 0 amide bonds. The van der Waals surface area contributed by atoms with E-state index in [0.29, 0.717) is 5.56 Å². The SMILES string of the molecule is OC(c1csc(Br)c1)c1c(F)ccc(Br)c1F. The zero-order chi connectivity index (χ0) is 12.6. The zero-order valence-electron chi connectivity index (χ0n) is 8.25. The van der Waals surface area contributed by atoms with Crippen LogP contribution < -0.4 is 0 Å². The monoisotopic (exact) mass is 382 g/mol. The van der Waals surface area contributed by atoms with Gasteiger partial charge in [0.15, 0.2) is 0 Å². The van der Waals surface area contributed by atoms with Gasteiger partial charge in [0.2, 0.25) is 0 Å². The Labute approximate surface area is 117 Å². The molecule has 1 aromatic heterocycles. The van der Waals surface area contributed by atoms with Crippen molar-refractivity contribution >= 4 is 43.2 Å². The van der Waals surface area contributed by atoms with Gasteiger partial charge in [0.1, 0.15) is 17.7 Å². The fourth-order valence-corrected chi connectivity index (χ4v) is 2.97. The molecule has 1 N–H and O–H groups in total. The molecule has 6 heteroatoms. The highest BCUT2D eigenvalue weighted by Crippen LogP contribution is 2.33. The minimum atomic E-state index is -1.31. The molecular weight excluding hydrogens is 378 g/mol. The van der Waals surface area contributed by atoms with Gasteiger partial charge in [0, 0.05) is 0 Å². The first-order chi connectivity index (χ1) is 8.00. The molecule has 0 spiro atoms. The molecule has 0 saturated carbocycles. The van der Waals surface area contributed by atoms with Crippen molar-refractivity contribution in [3.8, 4) is 0 Å². The maximum atomic E-state index is 13.8. The van der Waals surface area contributed by atoms with Crippen molar-refractivity contribution in [3.63, 3.8) is 0 Å². The summed E-state index contributed by atoms with van der Waals surface area (Å²) in [6.45, 7) is 0. The van der Waals surface area contributed by atoms with E-state index in [4.69, 9.17) is 0 Å². The standard InChI is InChI=1S/C11H6Br2F2OS/c12-6-1-2-7(14)9(10(6)15)11(16)5-3-8(13)17-4-5/h1-4,11,16H. The Morgan fingerprint density at radius 3 is 2.53 bits per heavy atom. The predicted octanol–water partition coefficient (Wildman–Crippen LogP) is 4.63. The van der Waals surface area contributed by atoms with E-state index < -0.39 is 17.7 Å². The average molecular weight is 384 g/mol. The van der Waals surface area contributed by atoms with E-state index in [0.717, 1.165) is 9.85 Å². The summed E-state index contributed by atoms with van der Waals surface area (Å²) in [6, 6.07) is 4.02. The van der Waals surface area contributed by atoms with Crippen molar-refractivity contribution in [2.75, 3.05) is 0 Å². The molecule has 2 rings (SSSR count). The van der Waals surface area contributed by atoms with Gasteiger partial charge in [0.25, 0.3) is 0 Å². The molecule has 0 aliphatic carbocycles. The molecule has 17 heavy (non-hydrogen) atoms. The lowest BCUT2D eigenvalue weighted by atomic mass is 10.0. The molecule has 1 atom stereocenters. The van der Waals surface area contributed by atoms with Crippen molar-refractivity contribution < 1.29 is 13.9 Å². The average Bonchev–Trinajstić information content (AvgIpc) is 2.71. The maximum Gasteiger partial charge on any atom is 0.146 e. The highest BCUT2D eigenvalue weighted by Gasteiger charge is 2.22. The Morgan fingerprint density at radius 2 is 1.94 bits per heavy atom. The second kappa shape index (κ2) is 5.14. The number of rotatable bonds is 2. The van der Waals surface area contributed by atoms with Crippen LogP contribution in [0.1, 0.15) is 17.2 Å². The molecule has 0 fully saturated rings. The molecule has 0 bridgehead atoms. The van der Waals surface area contributed by atoms with Crippen molar-refractivity contribution in [1.82, 2.24) is 0 Å². The number of hydrogen-bond donors (Lipinski definition) is 1. The van der Waals surface area contributed by atoms with E-state index in [1.165, 1.54) is 17.4 Å². The number of hydrogen-bond acceptors (Lipinski definition) is 2. The van der Waals surface area contributed by atoms with E-state index in [1.807, 2.05) is 0 Å². The highest BCUT2D eigenvalue weighted by atomic mass is 79.9.